The molecule has 19 heavy (non-hydrogen) atoms. The summed E-state index contributed by atoms with van der Waals surface area (Å²) in [5.41, 5.74) is 1.35. The molecule has 2 rings (SSSR count). The molecule has 1 aromatic carbocycles. The van der Waals surface area contributed by atoms with Crippen molar-refractivity contribution in [2.75, 3.05) is 26.2 Å². The molecule has 1 aliphatic rings. The molecule has 0 amide bonds. The Balaban J connectivity index is 1.75. The monoisotopic (exact) mass is 262 g/mol. The predicted octanol–water partition coefficient (Wildman–Crippen LogP) is 1.57. The smallest absolute Gasteiger partial charge is 0.317 e. The second kappa shape index (κ2) is 7.26. The lowest BCUT2D eigenvalue weighted by atomic mass is 9.97. The highest BCUT2D eigenvalue weighted by Gasteiger charge is 2.19. The number of piperidine rings is 1. The van der Waals surface area contributed by atoms with Crippen LogP contribution in [0.3, 0.4) is 0 Å². The highest BCUT2D eigenvalue weighted by Crippen LogP contribution is 2.17. The van der Waals surface area contributed by atoms with Crippen molar-refractivity contribution in [2.45, 2.75) is 19.4 Å². The number of carbonyl (C=O) groups is 1. The van der Waals surface area contributed by atoms with Gasteiger partial charge in [-0.3, -0.25) is 9.69 Å². The first-order chi connectivity index (χ1) is 9.24. The Morgan fingerprint density at radius 1 is 1.37 bits per heavy atom. The van der Waals surface area contributed by atoms with E-state index in [9.17, 15) is 4.79 Å². The van der Waals surface area contributed by atoms with Gasteiger partial charge in [0.15, 0.2) is 0 Å². The van der Waals surface area contributed by atoms with Crippen LogP contribution in [-0.4, -0.2) is 42.2 Å². The van der Waals surface area contributed by atoms with E-state index in [0.717, 1.165) is 26.2 Å². The third-order valence-corrected chi connectivity index (χ3v) is 3.56. The molecule has 1 fully saturated rings. The van der Waals surface area contributed by atoms with Gasteiger partial charge in [-0.05, 0) is 37.4 Å². The first-order valence-corrected chi connectivity index (χ1v) is 6.93. The molecule has 1 heterocycles. The Bertz CT molecular complexity index is 394. The number of aliphatic carboxylic acids is 1. The maximum atomic E-state index is 10.5. The molecule has 0 radical (unpaired) electrons. The summed E-state index contributed by atoms with van der Waals surface area (Å²) in [6, 6.07) is 10.5. The number of hydrogen-bond acceptors (Lipinski definition) is 3. The summed E-state index contributed by atoms with van der Waals surface area (Å²) in [5.74, 6) is -0.214. The topological polar surface area (TPSA) is 52.6 Å². The number of nitrogens with zero attached hydrogens (tertiary/aromatic N) is 1. The molecule has 0 saturated carbocycles. The summed E-state index contributed by atoms with van der Waals surface area (Å²) in [6.45, 7) is 4.06. The van der Waals surface area contributed by atoms with Crippen molar-refractivity contribution >= 4 is 5.97 Å². The fourth-order valence-corrected chi connectivity index (χ4v) is 2.69. The van der Waals surface area contributed by atoms with Gasteiger partial charge in [0, 0.05) is 13.1 Å². The fraction of sp³-hybridized carbons (Fsp3) is 0.533. The largest absolute Gasteiger partial charge is 0.480 e. The van der Waals surface area contributed by atoms with Gasteiger partial charge in [-0.15, -0.1) is 0 Å². The first-order valence-electron chi connectivity index (χ1n) is 6.93. The minimum Gasteiger partial charge on any atom is -0.480 e. The van der Waals surface area contributed by atoms with E-state index in [4.69, 9.17) is 5.11 Å². The van der Waals surface area contributed by atoms with Gasteiger partial charge in [-0.1, -0.05) is 30.3 Å². The normalized spacial score (nSPS) is 20.3. The van der Waals surface area contributed by atoms with Crippen LogP contribution in [0.4, 0.5) is 0 Å². The van der Waals surface area contributed by atoms with Crippen molar-refractivity contribution in [2.24, 2.45) is 5.92 Å². The zero-order valence-corrected chi connectivity index (χ0v) is 11.2. The van der Waals surface area contributed by atoms with Gasteiger partial charge in [-0.25, -0.2) is 0 Å². The summed E-state index contributed by atoms with van der Waals surface area (Å²) in [6.07, 6.45) is 2.39. The summed E-state index contributed by atoms with van der Waals surface area (Å²) in [4.78, 5) is 12.9. The molecule has 1 atom stereocenters. The van der Waals surface area contributed by atoms with Crippen LogP contribution in [0.2, 0.25) is 0 Å². The summed E-state index contributed by atoms with van der Waals surface area (Å²) in [7, 11) is 0. The highest BCUT2D eigenvalue weighted by molar-refractivity contribution is 5.68. The molecule has 104 valence electrons. The minimum atomic E-state index is -0.781. The number of hydrogen-bond donors (Lipinski definition) is 2. The van der Waals surface area contributed by atoms with E-state index >= 15 is 0 Å². The van der Waals surface area contributed by atoms with Crippen LogP contribution in [0.25, 0.3) is 0 Å². The second-order valence-electron chi connectivity index (χ2n) is 5.25. The molecule has 1 saturated heterocycles. The number of benzene rings is 1. The average molecular weight is 262 g/mol. The second-order valence-corrected chi connectivity index (χ2v) is 5.25. The van der Waals surface area contributed by atoms with E-state index in [1.807, 2.05) is 6.07 Å². The number of rotatable bonds is 6. The maximum Gasteiger partial charge on any atom is 0.317 e. The predicted molar refractivity (Wildman–Crippen MR) is 74.9 cm³/mol. The van der Waals surface area contributed by atoms with E-state index in [2.05, 4.69) is 34.5 Å². The van der Waals surface area contributed by atoms with Gasteiger partial charge in [0.1, 0.15) is 0 Å². The van der Waals surface area contributed by atoms with E-state index in [0.29, 0.717) is 5.92 Å². The van der Waals surface area contributed by atoms with Gasteiger partial charge >= 0.3 is 5.97 Å². The van der Waals surface area contributed by atoms with Crippen LogP contribution in [0.1, 0.15) is 18.4 Å². The molecule has 1 aliphatic heterocycles. The quantitative estimate of drug-likeness (QED) is 0.817. The molecule has 1 aromatic rings. The van der Waals surface area contributed by atoms with Crippen molar-refractivity contribution < 1.29 is 9.90 Å². The molecular weight excluding hydrogens is 240 g/mol. The lowest BCUT2D eigenvalue weighted by Gasteiger charge is -2.32. The van der Waals surface area contributed by atoms with E-state index < -0.39 is 5.97 Å². The van der Waals surface area contributed by atoms with Crippen LogP contribution in [-0.2, 0) is 11.3 Å². The molecule has 0 aromatic heterocycles. The Morgan fingerprint density at radius 3 is 2.89 bits per heavy atom. The van der Waals surface area contributed by atoms with Crippen molar-refractivity contribution in [3.05, 3.63) is 35.9 Å². The molecular formula is C15H22N2O2. The van der Waals surface area contributed by atoms with Crippen molar-refractivity contribution in [1.29, 1.82) is 0 Å². The van der Waals surface area contributed by atoms with Gasteiger partial charge in [0.2, 0.25) is 0 Å². The van der Waals surface area contributed by atoms with E-state index in [1.165, 1.54) is 18.4 Å². The SMILES string of the molecule is O=C(O)CNC[C@H]1CCCN(Cc2ccccc2)C1. The Morgan fingerprint density at radius 2 is 2.16 bits per heavy atom. The van der Waals surface area contributed by atoms with Gasteiger partial charge in [0.05, 0.1) is 6.54 Å². The highest BCUT2D eigenvalue weighted by atomic mass is 16.4. The Labute approximate surface area is 114 Å². The molecule has 2 N–H and O–H groups in total. The molecule has 4 heteroatoms. The number of carboxylic acid groups (broad SMARTS) is 1. The zero-order chi connectivity index (χ0) is 13.5. The Kier molecular flexibility index (Phi) is 5.36. The molecule has 0 bridgehead atoms. The van der Waals surface area contributed by atoms with Crippen LogP contribution >= 0.6 is 0 Å². The van der Waals surface area contributed by atoms with Gasteiger partial charge < -0.3 is 10.4 Å². The van der Waals surface area contributed by atoms with Crippen LogP contribution < -0.4 is 5.32 Å². The molecule has 0 spiro atoms. The number of nitrogens with one attached hydrogen (secondary N) is 1. The van der Waals surface area contributed by atoms with Crippen LogP contribution in [0.15, 0.2) is 30.3 Å². The summed E-state index contributed by atoms with van der Waals surface area (Å²) in [5, 5.41) is 11.6. The van der Waals surface area contributed by atoms with Crippen LogP contribution in [0.5, 0.6) is 0 Å². The number of carboxylic acids is 1. The average Bonchev–Trinajstić information content (AvgIpc) is 2.40. The summed E-state index contributed by atoms with van der Waals surface area (Å²) < 4.78 is 0. The standard InChI is InChI=1S/C15H22N2O2/c18-15(19)10-16-9-14-7-4-8-17(12-14)11-13-5-2-1-3-6-13/h1-3,5-6,14,16H,4,7-12H2,(H,18,19)/t14-/m1/s1. The third-order valence-electron chi connectivity index (χ3n) is 3.56. The van der Waals surface area contributed by atoms with E-state index in [-0.39, 0.29) is 6.54 Å². The fourth-order valence-electron chi connectivity index (χ4n) is 2.69. The van der Waals surface area contributed by atoms with Crippen molar-refractivity contribution in [3.8, 4) is 0 Å². The van der Waals surface area contributed by atoms with Gasteiger partial charge in [0.25, 0.3) is 0 Å². The lowest BCUT2D eigenvalue weighted by Crippen LogP contribution is -2.40. The van der Waals surface area contributed by atoms with Gasteiger partial charge in [-0.2, -0.15) is 0 Å². The molecule has 0 unspecified atom stereocenters. The first kappa shape index (κ1) is 14.0. The lowest BCUT2D eigenvalue weighted by molar-refractivity contribution is -0.136. The van der Waals surface area contributed by atoms with Crippen molar-refractivity contribution in [1.82, 2.24) is 10.2 Å². The van der Waals surface area contributed by atoms with Crippen LogP contribution in [0, 0.1) is 5.92 Å². The number of likely N-dealkylation sites (tertiary alicyclic amines) is 1. The molecule has 0 aliphatic carbocycles. The minimum absolute atomic E-state index is 0.0647. The van der Waals surface area contributed by atoms with E-state index in [1.54, 1.807) is 0 Å². The summed E-state index contributed by atoms with van der Waals surface area (Å²) >= 11 is 0. The zero-order valence-electron chi connectivity index (χ0n) is 11.2. The molecule has 4 nitrogen and oxygen atoms in total. The third kappa shape index (κ3) is 5.01. The maximum absolute atomic E-state index is 10.5. The Hall–Kier alpha value is -1.39. The van der Waals surface area contributed by atoms with Crippen molar-refractivity contribution in [3.63, 3.8) is 0 Å².